The first-order chi connectivity index (χ1) is 10.6. The summed E-state index contributed by atoms with van der Waals surface area (Å²) in [5.74, 6) is 0.441. The normalized spacial score (nSPS) is 33.1. The molecule has 3 atom stereocenters. The van der Waals surface area contributed by atoms with Crippen LogP contribution in [0.3, 0.4) is 0 Å². The van der Waals surface area contributed by atoms with E-state index in [4.69, 9.17) is 9.31 Å². The maximum atomic E-state index is 12.6. The van der Waals surface area contributed by atoms with Crippen LogP contribution in [-0.2, 0) is 15.5 Å². The molecule has 2 fully saturated rings. The third-order valence-corrected chi connectivity index (χ3v) is 5.59. The molecule has 0 bridgehead atoms. The van der Waals surface area contributed by atoms with Crippen molar-refractivity contribution >= 4 is 7.12 Å². The zero-order valence-electron chi connectivity index (χ0n) is 13.9. The van der Waals surface area contributed by atoms with Crippen LogP contribution in [0.15, 0.2) is 24.3 Å². The third kappa shape index (κ3) is 2.91. The van der Waals surface area contributed by atoms with Crippen LogP contribution in [0.1, 0.15) is 57.6 Å². The predicted molar refractivity (Wildman–Crippen MR) is 83.3 cm³/mol. The van der Waals surface area contributed by atoms with E-state index in [2.05, 4.69) is 13.8 Å². The molecule has 3 rings (SSSR count). The lowest BCUT2D eigenvalue weighted by atomic mass is 9.79. The van der Waals surface area contributed by atoms with Gasteiger partial charge in [-0.2, -0.15) is 13.2 Å². The highest BCUT2D eigenvalue weighted by molar-refractivity contribution is 6.49. The van der Waals surface area contributed by atoms with Gasteiger partial charge in [0.15, 0.2) is 0 Å². The van der Waals surface area contributed by atoms with Gasteiger partial charge in [0.1, 0.15) is 0 Å². The Morgan fingerprint density at radius 1 is 1.13 bits per heavy atom. The van der Waals surface area contributed by atoms with E-state index in [0.717, 1.165) is 30.5 Å². The van der Waals surface area contributed by atoms with Crippen LogP contribution in [-0.4, -0.2) is 18.3 Å². The number of rotatable bonds is 3. The van der Waals surface area contributed by atoms with Gasteiger partial charge < -0.3 is 9.31 Å². The lowest BCUT2D eigenvalue weighted by molar-refractivity contribution is -0.137. The van der Waals surface area contributed by atoms with Gasteiger partial charge in [0.25, 0.3) is 0 Å². The number of hydrogen-bond acceptors (Lipinski definition) is 2. The van der Waals surface area contributed by atoms with E-state index >= 15 is 0 Å². The Morgan fingerprint density at radius 2 is 1.74 bits per heavy atom. The second-order valence-corrected chi connectivity index (χ2v) is 7.32. The van der Waals surface area contributed by atoms with Gasteiger partial charge in [0.2, 0.25) is 0 Å². The standard InChI is InChI=1S/C17H22BF3O2/c1-5-16(4)15(2,3)22-18(23-16)14-10-13(14)11-6-8-12(9-7-11)17(19,20)21/h6-9,13-14H,5,10H2,1-4H3/t13-,14+,16?/m1/s1. The molecule has 1 aromatic carbocycles. The van der Waals surface area contributed by atoms with E-state index in [0.29, 0.717) is 0 Å². The van der Waals surface area contributed by atoms with Crippen LogP contribution in [0.4, 0.5) is 13.2 Å². The summed E-state index contributed by atoms with van der Waals surface area (Å²) in [6.45, 7) is 8.20. The molecule has 1 aromatic rings. The molecule has 0 amide bonds. The molecular formula is C17H22BF3O2. The fraction of sp³-hybridized carbons (Fsp3) is 0.647. The fourth-order valence-corrected chi connectivity index (χ4v) is 3.34. The first-order valence-corrected chi connectivity index (χ1v) is 8.10. The van der Waals surface area contributed by atoms with Gasteiger partial charge in [-0.15, -0.1) is 0 Å². The Morgan fingerprint density at radius 3 is 2.22 bits per heavy atom. The summed E-state index contributed by atoms with van der Waals surface area (Å²) >= 11 is 0. The van der Waals surface area contributed by atoms with E-state index in [1.54, 1.807) is 12.1 Å². The van der Waals surface area contributed by atoms with E-state index in [-0.39, 0.29) is 30.1 Å². The van der Waals surface area contributed by atoms with E-state index in [1.165, 1.54) is 0 Å². The van der Waals surface area contributed by atoms with Crippen molar-refractivity contribution in [3.8, 4) is 0 Å². The maximum absolute atomic E-state index is 12.6. The van der Waals surface area contributed by atoms with Gasteiger partial charge in [-0.05, 0) is 57.2 Å². The molecular weight excluding hydrogens is 304 g/mol. The van der Waals surface area contributed by atoms with Crippen molar-refractivity contribution in [3.63, 3.8) is 0 Å². The smallest absolute Gasteiger partial charge is 0.403 e. The summed E-state index contributed by atoms with van der Waals surface area (Å²) in [6.07, 6.45) is -2.54. The van der Waals surface area contributed by atoms with Crippen molar-refractivity contribution in [1.82, 2.24) is 0 Å². The topological polar surface area (TPSA) is 18.5 Å². The third-order valence-electron chi connectivity index (χ3n) is 5.59. The Balaban J connectivity index is 1.69. The highest BCUT2D eigenvalue weighted by Crippen LogP contribution is 2.58. The number of alkyl halides is 3. The molecule has 0 spiro atoms. The molecule has 1 unspecified atom stereocenters. The second kappa shape index (κ2) is 5.25. The van der Waals surface area contributed by atoms with Crippen molar-refractivity contribution in [2.45, 2.75) is 69.7 Å². The SMILES string of the molecule is CCC1(C)OB([C@H]2C[C@@H]2c2ccc(C(F)(F)F)cc2)OC1(C)C. The molecule has 0 N–H and O–H groups in total. The van der Waals surface area contributed by atoms with Gasteiger partial charge in [-0.1, -0.05) is 19.1 Å². The van der Waals surface area contributed by atoms with Gasteiger partial charge in [-0.25, -0.2) is 0 Å². The highest BCUT2D eigenvalue weighted by Gasteiger charge is 2.60. The first kappa shape index (κ1) is 16.8. The minimum atomic E-state index is -4.29. The summed E-state index contributed by atoms with van der Waals surface area (Å²) in [7, 11) is -0.276. The van der Waals surface area contributed by atoms with Crippen LogP contribution in [0.5, 0.6) is 0 Å². The summed E-state index contributed by atoms with van der Waals surface area (Å²) in [5.41, 5.74) is -0.366. The summed E-state index contributed by atoms with van der Waals surface area (Å²) in [4.78, 5) is 0. The number of halogens is 3. The lowest BCUT2D eigenvalue weighted by Crippen LogP contribution is -2.44. The lowest BCUT2D eigenvalue weighted by Gasteiger charge is -2.35. The Labute approximate surface area is 135 Å². The molecule has 1 heterocycles. The molecule has 6 heteroatoms. The molecule has 23 heavy (non-hydrogen) atoms. The predicted octanol–water partition coefficient (Wildman–Crippen LogP) is 5.05. The van der Waals surface area contributed by atoms with Crippen LogP contribution in [0, 0.1) is 0 Å². The first-order valence-electron chi connectivity index (χ1n) is 8.10. The average Bonchev–Trinajstić information content (AvgIpc) is 3.21. The fourth-order valence-electron chi connectivity index (χ4n) is 3.34. The van der Waals surface area contributed by atoms with Gasteiger partial charge in [0.05, 0.1) is 16.8 Å². The summed E-state index contributed by atoms with van der Waals surface area (Å²) < 4.78 is 50.2. The molecule has 0 aromatic heterocycles. The van der Waals surface area contributed by atoms with Gasteiger partial charge in [0, 0.05) is 5.82 Å². The molecule has 1 saturated carbocycles. The van der Waals surface area contributed by atoms with Crippen LogP contribution < -0.4 is 0 Å². The molecule has 2 nitrogen and oxygen atoms in total. The number of benzene rings is 1. The van der Waals surface area contributed by atoms with E-state index in [1.807, 2.05) is 13.8 Å². The van der Waals surface area contributed by atoms with Crippen molar-refractivity contribution < 1.29 is 22.5 Å². The number of hydrogen-bond donors (Lipinski definition) is 0. The quantitative estimate of drug-likeness (QED) is 0.724. The largest absolute Gasteiger partial charge is 0.461 e. The van der Waals surface area contributed by atoms with Crippen molar-refractivity contribution in [3.05, 3.63) is 35.4 Å². The Hall–Kier alpha value is -1.01. The minimum Gasteiger partial charge on any atom is -0.403 e. The maximum Gasteiger partial charge on any atom is 0.461 e. The summed E-state index contributed by atoms with van der Waals surface area (Å²) in [5, 5.41) is 0. The Bertz CT molecular complexity index is 584. The van der Waals surface area contributed by atoms with Gasteiger partial charge >= 0.3 is 13.3 Å². The molecule has 1 aliphatic carbocycles. The Kier molecular flexibility index (Phi) is 3.84. The molecule has 1 saturated heterocycles. The zero-order chi connectivity index (χ0) is 17.0. The zero-order valence-corrected chi connectivity index (χ0v) is 13.9. The average molecular weight is 326 g/mol. The molecule has 2 aliphatic rings. The van der Waals surface area contributed by atoms with Crippen LogP contribution >= 0.6 is 0 Å². The van der Waals surface area contributed by atoms with Gasteiger partial charge in [-0.3, -0.25) is 0 Å². The van der Waals surface area contributed by atoms with Crippen LogP contribution in [0.25, 0.3) is 0 Å². The van der Waals surface area contributed by atoms with Crippen molar-refractivity contribution in [2.24, 2.45) is 0 Å². The van der Waals surface area contributed by atoms with Crippen molar-refractivity contribution in [1.29, 1.82) is 0 Å². The summed E-state index contributed by atoms with van der Waals surface area (Å²) in [6, 6.07) is 5.46. The van der Waals surface area contributed by atoms with E-state index < -0.39 is 11.7 Å². The molecule has 1 aliphatic heterocycles. The monoisotopic (exact) mass is 326 g/mol. The van der Waals surface area contributed by atoms with Crippen LogP contribution in [0.2, 0.25) is 5.82 Å². The highest BCUT2D eigenvalue weighted by atomic mass is 19.4. The minimum absolute atomic E-state index is 0.220. The van der Waals surface area contributed by atoms with E-state index in [9.17, 15) is 13.2 Å². The van der Waals surface area contributed by atoms with Crippen molar-refractivity contribution in [2.75, 3.05) is 0 Å². The molecule has 126 valence electrons. The second-order valence-electron chi connectivity index (χ2n) is 7.32. The molecule has 0 radical (unpaired) electrons.